The normalized spacial score (nSPS) is 10.8. The Morgan fingerprint density at radius 3 is 2.31 bits per heavy atom. The van der Waals surface area contributed by atoms with E-state index in [0.717, 1.165) is 33.0 Å². The maximum atomic E-state index is 11.2. The van der Waals surface area contributed by atoms with Crippen molar-refractivity contribution in [2.24, 2.45) is 0 Å². The molecule has 0 amide bonds. The zero-order valence-corrected chi connectivity index (χ0v) is 16.2. The molecule has 0 aliphatic heterocycles. The van der Waals surface area contributed by atoms with Gasteiger partial charge < -0.3 is 9.84 Å². The molecule has 1 aromatic heterocycles. The van der Waals surface area contributed by atoms with Gasteiger partial charge in [0, 0.05) is 10.6 Å². The van der Waals surface area contributed by atoms with Gasteiger partial charge in [0.15, 0.2) is 0 Å². The molecule has 4 nitrogen and oxygen atoms in total. The minimum atomic E-state index is -0.940. The molecule has 0 aliphatic carbocycles. The summed E-state index contributed by atoms with van der Waals surface area (Å²) in [4.78, 5) is 15.8. The van der Waals surface area contributed by atoms with Gasteiger partial charge in [-0.1, -0.05) is 35.9 Å². The maximum Gasteiger partial charge on any atom is 0.347 e. The van der Waals surface area contributed by atoms with Gasteiger partial charge in [-0.05, 0) is 49.6 Å². The molecular formula is C20H18ClNO3S. The fraction of sp³-hybridized carbons (Fsp3) is 0.200. The lowest BCUT2D eigenvalue weighted by Gasteiger charge is -2.10. The Labute approximate surface area is 161 Å². The van der Waals surface area contributed by atoms with E-state index < -0.39 is 5.97 Å². The lowest BCUT2D eigenvalue weighted by atomic mass is 10.1. The van der Waals surface area contributed by atoms with Gasteiger partial charge in [0.1, 0.15) is 22.2 Å². The minimum Gasteiger partial charge on any atom is -0.489 e. The second kappa shape index (κ2) is 7.48. The van der Waals surface area contributed by atoms with Gasteiger partial charge in [-0.2, -0.15) is 0 Å². The van der Waals surface area contributed by atoms with Crippen molar-refractivity contribution in [1.82, 2.24) is 4.98 Å². The number of benzene rings is 2. The van der Waals surface area contributed by atoms with Crippen LogP contribution in [0.15, 0.2) is 36.4 Å². The number of aromatic carboxylic acids is 1. The first-order valence-corrected chi connectivity index (χ1v) is 9.24. The van der Waals surface area contributed by atoms with Crippen molar-refractivity contribution in [3.05, 3.63) is 68.7 Å². The fourth-order valence-corrected chi connectivity index (χ4v) is 3.64. The second-order valence-corrected chi connectivity index (χ2v) is 7.47. The molecular weight excluding hydrogens is 370 g/mol. The van der Waals surface area contributed by atoms with Crippen molar-refractivity contribution >= 4 is 28.9 Å². The van der Waals surface area contributed by atoms with E-state index in [1.54, 1.807) is 6.92 Å². The van der Waals surface area contributed by atoms with Crippen LogP contribution in [-0.2, 0) is 6.61 Å². The van der Waals surface area contributed by atoms with Crippen LogP contribution in [0.4, 0.5) is 0 Å². The molecule has 0 bridgehead atoms. The van der Waals surface area contributed by atoms with Gasteiger partial charge in [0.05, 0.1) is 5.69 Å². The standard InChI is InChI=1S/C20H18ClNO3S/c1-11-8-16(9-12(2)17(11)21)25-10-14-4-6-15(7-5-14)19-22-13(3)18(26-19)20(23)24/h4-9H,10H2,1-3H3,(H,23,24). The molecule has 0 saturated heterocycles. The van der Waals surface area contributed by atoms with Gasteiger partial charge in [-0.3, -0.25) is 0 Å². The molecule has 1 N–H and O–H groups in total. The zero-order valence-electron chi connectivity index (χ0n) is 14.7. The monoisotopic (exact) mass is 387 g/mol. The third-order valence-electron chi connectivity index (χ3n) is 4.01. The molecule has 2 aromatic carbocycles. The summed E-state index contributed by atoms with van der Waals surface area (Å²) in [5, 5.41) is 10.6. The maximum absolute atomic E-state index is 11.2. The van der Waals surface area contributed by atoms with E-state index in [1.807, 2.05) is 50.2 Å². The molecule has 0 aliphatic rings. The average Bonchev–Trinajstić information content (AvgIpc) is 3.00. The summed E-state index contributed by atoms with van der Waals surface area (Å²) in [6.07, 6.45) is 0. The highest BCUT2D eigenvalue weighted by Crippen LogP contribution is 2.29. The van der Waals surface area contributed by atoms with Gasteiger partial charge >= 0.3 is 5.97 Å². The summed E-state index contributed by atoms with van der Waals surface area (Å²) in [6, 6.07) is 11.6. The summed E-state index contributed by atoms with van der Waals surface area (Å²) in [7, 11) is 0. The number of ether oxygens (including phenoxy) is 1. The molecule has 3 rings (SSSR count). The van der Waals surface area contributed by atoms with E-state index in [1.165, 1.54) is 11.3 Å². The summed E-state index contributed by atoms with van der Waals surface area (Å²) >= 11 is 7.36. The molecule has 0 spiro atoms. The number of carbonyl (C=O) groups is 1. The Kier molecular flexibility index (Phi) is 5.30. The Hall–Kier alpha value is -2.37. The van der Waals surface area contributed by atoms with Gasteiger partial charge in [-0.25, -0.2) is 9.78 Å². The van der Waals surface area contributed by atoms with E-state index in [0.29, 0.717) is 17.3 Å². The molecule has 26 heavy (non-hydrogen) atoms. The Morgan fingerprint density at radius 1 is 1.15 bits per heavy atom. The smallest absolute Gasteiger partial charge is 0.347 e. The first-order chi connectivity index (χ1) is 12.3. The molecule has 0 atom stereocenters. The number of aryl methyl sites for hydroxylation is 3. The van der Waals surface area contributed by atoms with Crippen LogP contribution < -0.4 is 4.74 Å². The highest BCUT2D eigenvalue weighted by atomic mass is 35.5. The predicted octanol–water partition coefficient (Wildman–Crippen LogP) is 5.67. The number of thiazole rings is 1. The number of carboxylic acid groups (broad SMARTS) is 1. The van der Waals surface area contributed by atoms with E-state index in [2.05, 4.69) is 4.98 Å². The van der Waals surface area contributed by atoms with Gasteiger partial charge in [-0.15, -0.1) is 11.3 Å². The number of hydrogen-bond donors (Lipinski definition) is 1. The largest absolute Gasteiger partial charge is 0.489 e. The van der Waals surface area contributed by atoms with E-state index >= 15 is 0 Å². The highest BCUT2D eigenvalue weighted by Gasteiger charge is 2.15. The Morgan fingerprint density at radius 2 is 1.77 bits per heavy atom. The number of hydrogen-bond acceptors (Lipinski definition) is 4. The van der Waals surface area contributed by atoms with Crippen molar-refractivity contribution in [3.63, 3.8) is 0 Å². The molecule has 134 valence electrons. The predicted molar refractivity (Wildman–Crippen MR) is 105 cm³/mol. The lowest BCUT2D eigenvalue weighted by Crippen LogP contribution is -1.96. The van der Waals surface area contributed by atoms with Gasteiger partial charge in [0.2, 0.25) is 0 Å². The van der Waals surface area contributed by atoms with Crippen LogP contribution in [0.1, 0.15) is 32.1 Å². The summed E-state index contributed by atoms with van der Waals surface area (Å²) < 4.78 is 5.86. The SMILES string of the molecule is Cc1cc(OCc2ccc(-c3nc(C)c(C(=O)O)s3)cc2)cc(C)c1Cl. The Balaban J connectivity index is 1.72. The second-order valence-electron chi connectivity index (χ2n) is 6.10. The topological polar surface area (TPSA) is 59.4 Å². The van der Waals surface area contributed by atoms with Crippen LogP contribution in [0.5, 0.6) is 5.75 Å². The number of aromatic nitrogens is 1. The molecule has 0 saturated carbocycles. The Bertz CT molecular complexity index is 941. The number of halogens is 1. The van der Waals surface area contributed by atoms with Crippen molar-refractivity contribution in [1.29, 1.82) is 0 Å². The summed E-state index contributed by atoms with van der Waals surface area (Å²) in [6.45, 7) is 6.07. The highest BCUT2D eigenvalue weighted by molar-refractivity contribution is 7.17. The van der Waals surface area contributed by atoms with E-state index in [-0.39, 0.29) is 4.88 Å². The summed E-state index contributed by atoms with van der Waals surface area (Å²) in [5.74, 6) is -0.153. The van der Waals surface area contributed by atoms with Crippen molar-refractivity contribution in [2.75, 3.05) is 0 Å². The van der Waals surface area contributed by atoms with Crippen molar-refractivity contribution in [2.45, 2.75) is 27.4 Å². The molecule has 3 aromatic rings. The first-order valence-electron chi connectivity index (χ1n) is 8.04. The zero-order chi connectivity index (χ0) is 18.8. The number of rotatable bonds is 5. The van der Waals surface area contributed by atoms with E-state index in [4.69, 9.17) is 21.4 Å². The van der Waals surface area contributed by atoms with Crippen molar-refractivity contribution < 1.29 is 14.6 Å². The molecule has 0 radical (unpaired) electrons. The molecule has 1 heterocycles. The number of carboxylic acids is 1. The molecule has 6 heteroatoms. The van der Waals surface area contributed by atoms with Crippen LogP contribution in [0.3, 0.4) is 0 Å². The van der Waals surface area contributed by atoms with Crippen LogP contribution >= 0.6 is 22.9 Å². The van der Waals surface area contributed by atoms with Crippen molar-refractivity contribution in [3.8, 4) is 16.3 Å². The quantitative estimate of drug-likeness (QED) is 0.613. The van der Waals surface area contributed by atoms with Crippen LogP contribution in [0.2, 0.25) is 5.02 Å². The third-order valence-corrected chi connectivity index (χ3v) is 5.80. The fourth-order valence-electron chi connectivity index (χ4n) is 2.62. The van der Waals surface area contributed by atoms with Crippen LogP contribution in [-0.4, -0.2) is 16.1 Å². The molecule has 0 unspecified atom stereocenters. The van der Waals surface area contributed by atoms with Gasteiger partial charge in [0.25, 0.3) is 0 Å². The minimum absolute atomic E-state index is 0.279. The lowest BCUT2D eigenvalue weighted by molar-refractivity contribution is 0.0701. The van der Waals surface area contributed by atoms with Crippen LogP contribution in [0, 0.1) is 20.8 Å². The third kappa shape index (κ3) is 3.89. The average molecular weight is 388 g/mol. The first kappa shape index (κ1) is 18.4. The van der Waals surface area contributed by atoms with Crippen LogP contribution in [0.25, 0.3) is 10.6 Å². The summed E-state index contributed by atoms with van der Waals surface area (Å²) in [5.41, 5.74) is 4.44. The van der Waals surface area contributed by atoms with E-state index in [9.17, 15) is 4.79 Å². The molecule has 0 fully saturated rings. The number of nitrogens with zero attached hydrogens (tertiary/aromatic N) is 1.